The van der Waals surface area contributed by atoms with Gasteiger partial charge in [-0.1, -0.05) is 0 Å². The predicted molar refractivity (Wildman–Crippen MR) is 112 cm³/mol. The molecule has 4 heterocycles. The summed E-state index contributed by atoms with van der Waals surface area (Å²) in [6.07, 6.45) is -8.22. The van der Waals surface area contributed by atoms with E-state index in [2.05, 4.69) is 9.97 Å². The number of alkyl halides is 6. The van der Waals surface area contributed by atoms with Gasteiger partial charge in [-0.25, -0.2) is 24.1 Å². The van der Waals surface area contributed by atoms with Crippen molar-refractivity contribution in [2.45, 2.75) is 18.4 Å². The number of fused-ring (bicyclic) bond motifs is 2. The molecule has 36 heavy (non-hydrogen) atoms. The number of pyridine rings is 2. The molecule has 1 aromatic carbocycles. The van der Waals surface area contributed by atoms with Gasteiger partial charge in [0.1, 0.15) is 23.4 Å². The lowest BCUT2D eigenvalue weighted by Gasteiger charge is -2.36. The summed E-state index contributed by atoms with van der Waals surface area (Å²) in [6.45, 7) is -0.102. The largest absolute Gasteiger partial charge is 0.433 e. The van der Waals surface area contributed by atoms with Crippen LogP contribution in [0.15, 0.2) is 42.6 Å². The second-order valence-electron chi connectivity index (χ2n) is 8.17. The van der Waals surface area contributed by atoms with E-state index in [1.165, 1.54) is 18.3 Å². The van der Waals surface area contributed by atoms with Gasteiger partial charge in [0, 0.05) is 31.2 Å². The van der Waals surface area contributed by atoms with Gasteiger partial charge < -0.3 is 9.80 Å². The number of hydrogen-bond acceptors (Lipinski definition) is 5. The number of benzene rings is 1. The zero-order valence-corrected chi connectivity index (χ0v) is 17.9. The van der Waals surface area contributed by atoms with Crippen molar-refractivity contribution < 1.29 is 40.3 Å². The van der Waals surface area contributed by atoms with Crippen LogP contribution in [-0.2, 0) is 17.1 Å². The molecule has 1 unspecified atom stereocenters. The van der Waals surface area contributed by atoms with E-state index < -0.39 is 53.1 Å². The van der Waals surface area contributed by atoms with Crippen LogP contribution < -0.4 is 9.80 Å². The summed E-state index contributed by atoms with van der Waals surface area (Å²) in [7, 11) is 0. The van der Waals surface area contributed by atoms with Crippen LogP contribution in [0.3, 0.4) is 0 Å². The lowest BCUT2D eigenvalue weighted by Crippen LogP contribution is -2.53. The highest BCUT2D eigenvalue weighted by Crippen LogP contribution is 2.37. The first-order valence-electron chi connectivity index (χ1n) is 10.5. The van der Waals surface area contributed by atoms with E-state index in [1.807, 2.05) is 0 Å². The smallest absolute Gasteiger partial charge is 0.352 e. The number of anilines is 2. The molecule has 3 aromatic rings. The van der Waals surface area contributed by atoms with Gasteiger partial charge >= 0.3 is 18.4 Å². The Morgan fingerprint density at radius 1 is 0.917 bits per heavy atom. The molecule has 0 bridgehead atoms. The maximum absolute atomic E-state index is 14.4. The Morgan fingerprint density at radius 2 is 1.67 bits per heavy atom. The minimum atomic E-state index is -4.82. The second-order valence-corrected chi connectivity index (χ2v) is 8.17. The van der Waals surface area contributed by atoms with Crippen LogP contribution in [0, 0.1) is 5.82 Å². The maximum Gasteiger partial charge on any atom is 0.433 e. The number of aromatic nitrogens is 2. The molecule has 1 atom stereocenters. The zero-order chi connectivity index (χ0) is 26.0. The first-order chi connectivity index (χ1) is 16.9. The van der Waals surface area contributed by atoms with Crippen LogP contribution in [0.25, 0.3) is 10.9 Å². The van der Waals surface area contributed by atoms with Crippen molar-refractivity contribution >= 4 is 34.3 Å². The summed E-state index contributed by atoms with van der Waals surface area (Å²) in [6, 6.07) is 2.60. The molecule has 188 valence electrons. The standard InChI is InChI=1S/C22H14F7N5O2/c23-13-3-1-11(21(24,25)26)9-15(13)34-19(35)16-10-32(7-8-33(16)20(34)36)18-12-2-4-17(22(27,28)29)31-14(12)5-6-30-18/h1-6,9,16H,7-8,10H2. The molecular weight excluding hydrogens is 499 g/mol. The van der Waals surface area contributed by atoms with E-state index >= 15 is 0 Å². The van der Waals surface area contributed by atoms with Crippen molar-refractivity contribution in [2.24, 2.45) is 0 Å². The monoisotopic (exact) mass is 513 g/mol. The van der Waals surface area contributed by atoms with Crippen LogP contribution >= 0.6 is 0 Å². The van der Waals surface area contributed by atoms with Gasteiger partial charge in [0.2, 0.25) is 0 Å². The molecule has 14 heteroatoms. The summed E-state index contributed by atoms with van der Waals surface area (Å²) >= 11 is 0. The Hall–Kier alpha value is -3.97. The number of nitrogens with zero attached hydrogens (tertiary/aromatic N) is 5. The zero-order valence-electron chi connectivity index (χ0n) is 17.9. The van der Waals surface area contributed by atoms with Crippen molar-refractivity contribution in [2.75, 3.05) is 29.4 Å². The van der Waals surface area contributed by atoms with Crippen LogP contribution in [0.5, 0.6) is 0 Å². The fourth-order valence-corrected chi connectivity index (χ4v) is 4.32. The Kier molecular flexibility index (Phi) is 5.30. The summed E-state index contributed by atoms with van der Waals surface area (Å²) in [5.41, 5.74) is -3.12. The molecule has 2 aromatic heterocycles. The van der Waals surface area contributed by atoms with Crippen molar-refractivity contribution in [3.8, 4) is 0 Å². The third-order valence-electron chi connectivity index (χ3n) is 6.02. The van der Waals surface area contributed by atoms with Crippen LogP contribution in [-0.4, -0.2) is 52.5 Å². The molecule has 7 nitrogen and oxygen atoms in total. The number of hydrogen-bond donors (Lipinski definition) is 0. The first-order valence-corrected chi connectivity index (χ1v) is 10.5. The van der Waals surface area contributed by atoms with Crippen LogP contribution in [0.2, 0.25) is 0 Å². The van der Waals surface area contributed by atoms with Crippen LogP contribution in [0.4, 0.5) is 47.0 Å². The molecule has 0 aliphatic carbocycles. The van der Waals surface area contributed by atoms with Gasteiger partial charge in [-0.05, 0) is 36.4 Å². The van der Waals surface area contributed by atoms with Crippen LogP contribution in [0.1, 0.15) is 11.3 Å². The number of carbonyl (C=O) groups excluding carboxylic acids is 2. The first kappa shape index (κ1) is 23.8. The highest BCUT2D eigenvalue weighted by molar-refractivity contribution is 6.21. The van der Waals surface area contributed by atoms with Crippen molar-refractivity contribution in [1.82, 2.24) is 14.9 Å². The predicted octanol–water partition coefficient (Wildman–Crippen LogP) is 4.46. The van der Waals surface area contributed by atoms with E-state index in [-0.39, 0.29) is 36.4 Å². The normalized spacial score (nSPS) is 18.9. The number of urea groups is 1. The van der Waals surface area contributed by atoms with E-state index in [0.717, 1.165) is 11.0 Å². The quantitative estimate of drug-likeness (QED) is 0.374. The Balaban J connectivity index is 1.46. The van der Waals surface area contributed by atoms with Gasteiger partial charge in [-0.3, -0.25) is 4.79 Å². The Labute approximate surface area is 197 Å². The molecule has 0 spiro atoms. The lowest BCUT2D eigenvalue weighted by molar-refractivity contribution is -0.141. The third-order valence-corrected chi connectivity index (χ3v) is 6.02. The topological polar surface area (TPSA) is 69.6 Å². The van der Waals surface area contributed by atoms with Gasteiger partial charge in [-0.2, -0.15) is 26.3 Å². The fraction of sp³-hybridized carbons (Fsp3) is 0.273. The third kappa shape index (κ3) is 3.85. The molecule has 2 saturated heterocycles. The molecule has 5 rings (SSSR count). The van der Waals surface area contributed by atoms with Gasteiger partial charge in [-0.15, -0.1) is 0 Å². The number of carbonyl (C=O) groups is 2. The van der Waals surface area contributed by atoms with E-state index in [9.17, 15) is 40.3 Å². The molecular formula is C22H14F7N5O2. The number of piperazine rings is 1. The minimum absolute atomic E-state index is 0.0127. The minimum Gasteiger partial charge on any atom is -0.352 e. The molecule has 3 amide bonds. The molecule has 2 aliphatic heterocycles. The van der Waals surface area contributed by atoms with Gasteiger partial charge in [0.15, 0.2) is 0 Å². The SMILES string of the molecule is O=C1C2CN(c3nccc4nc(C(F)(F)F)ccc34)CCN2C(=O)N1c1cc(C(F)(F)F)ccc1F. The Bertz CT molecular complexity index is 1390. The molecule has 0 N–H and O–H groups in total. The highest BCUT2D eigenvalue weighted by atomic mass is 19.4. The van der Waals surface area contributed by atoms with E-state index in [1.54, 1.807) is 4.90 Å². The summed E-state index contributed by atoms with van der Waals surface area (Å²) < 4.78 is 92.9. The molecule has 2 fully saturated rings. The summed E-state index contributed by atoms with van der Waals surface area (Å²) in [5, 5.41) is 0.275. The number of amides is 3. The van der Waals surface area contributed by atoms with Crippen molar-refractivity contribution in [3.05, 3.63) is 59.7 Å². The molecule has 0 radical (unpaired) electrons. The van der Waals surface area contributed by atoms with E-state index in [4.69, 9.17) is 0 Å². The summed E-state index contributed by atoms with van der Waals surface area (Å²) in [4.78, 5) is 36.9. The number of rotatable bonds is 2. The van der Waals surface area contributed by atoms with Crippen molar-refractivity contribution in [1.29, 1.82) is 0 Å². The average Bonchev–Trinajstić information content (AvgIpc) is 3.06. The number of halogens is 7. The highest BCUT2D eigenvalue weighted by Gasteiger charge is 2.50. The molecule has 2 aliphatic rings. The number of imide groups is 1. The average molecular weight is 513 g/mol. The van der Waals surface area contributed by atoms with Gasteiger partial charge in [0.25, 0.3) is 5.91 Å². The Morgan fingerprint density at radius 3 is 2.36 bits per heavy atom. The van der Waals surface area contributed by atoms with Gasteiger partial charge in [0.05, 0.1) is 16.8 Å². The lowest BCUT2D eigenvalue weighted by atomic mass is 10.1. The summed E-state index contributed by atoms with van der Waals surface area (Å²) in [5.74, 6) is -1.89. The maximum atomic E-state index is 14.4. The van der Waals surface area contributed by atoms with E-state index in [0.29, 0.717) is 23.1 Å². The second kappa shape index (κ2) is 8.03. The fourth-order valence-electron chi connectivity index (χ4n) is 4.32. The molecule has 0 saturated carbocycles. The van der Waals surface area contributed by atoms with Crippen molar-refractivity contribution in [3.63, 3.8) is 0 Å².